The van der Waals surface area contributed by atoms with Crippen LogP contribution >= 0.6 is 11.6 Å². The number of anilines is 1. The van der Waals surface area contributed by atoms with Crippen molar-refractivity contribution in [3.63, 3.8) is 0 Å². The SMILES string of the molecule is O=C(c1ccnc(NCc2ccc(Cl)cc2)n1)N1CCc2ccccc2C1. The Morgan fingerprint density at radius 1 is 1.07 bits per heavy atom. The molecule has 136 valence electrons. The summed E-state index contributed by atoms with van der Waals surface area (Å²) in [5.41, 5.74) is 3.98. The van der Waals surface area contributed by atoms with E-state index in [9.17, 15) is 4.79 Å². The van der Waals surface area contributed by atoms with E-state index in [1.165, 1.54) is 11.1 Å². The normalized spacial score (nSPS) is 13.1. The molecule has 1 N–H and O–H groups in total. The molecule has 27 heavy (non-hydrogen) atoms. The highest BCUT2D eigenvalue weighted by Gasteiger charge is 2.22. The van der Waals surface area contributed by atoms with Gasteiger partial charge in [-0.15, -0.1) is 0 Å². The van der Waals surface area contributed by atoms with Gasteiger partial charge in [-0.2, -0.15) is 0 Å². The Kier molecular flexibility index (Phi) is 5.03. The van der Waals surface area contributed by atoms with Gasteiger partial charge in [-0.05, 0) is 41.3 Å². The number of hydrogen-bond acceptors (Lipinski definition) is 4. The number of halogens is 1. The average Bonchev–Trinajstić information content (AvgIpc) is 2.72. The molecule has 6 heteroatoms. The zero-order valence-electron chi connectivity index (χ0n) is 14.7. The molecule has 2 aromatic carbocycles. The third-order valence-corrected chi connectivity index (χ3v) is 4.91. The summed E-state index contributed by atoms with van der Waals surface area (Å²) in [6, 6.07) is 17.5. The predicted molar refractivity (Wildman–Crippen MR) is 106 cm³/mol. The van der Waals surface area contributed by atoms with Crippen LogP contribution in [-0.2, 0) is 19.5 Å². The Balaban J connectivity index is 1.44. The molecule has 0 atom stereocenters. The van der Waals surface area contributed by atoms with Crippen LogP contribution in [0, 0.1) is 0 Å². The van der Waals surface area contributed by atoms with Gasteiger partial charge in [0.2, 0.25) is 5.95 Å². The molecule has 0 radical (unpaired) electrons. The van der Waals surface area contributed by atoms with Crippen molar-refractivity contribution in [3.05, 3.63) is 88.2 Å². The monoisotopic (exact) mass is 378 g/mol. The molecule has 0 unspecified atom stereocenters. The minimum absolute atomic E-state index is 0.0681. The fraction of sp³-hybridized carbons (Fsp3) is 0.190. The van der Waals surface area contributed by atoms with Crippen LogP contribution in [-0.4, -0.2) is 27.3 Å². The summed E-state index contributed by atoms with van der Waals surface area (Å²) in [6.07, 6.45) is 2.48. The maximum absolute atomic E-state index is 12.9. The van der Waals surface area contributed by atoms with E-state index in [1.807, 2.05) is 41.3 Å². The number of carbonyl (C=O) groups is 1. The van der Waals surface area contributed by atoms with Gasteiger partial charge >= 0.3 is 0 Å². The summed E-state index contributed by atoms with van der Waals surface area (Å²) >= 11 is 5.90. The van der Waals surface area contributed by atoms with E-state index in [0.717, 1.165) is 12.0 Å². The highest BCUT2D eigenvalue weighted by Crippen LogP contribution is 2.20. The van der Waals surface area contributed by atoms with Crippen molar-refractivity contribution < 1.29 is 4.79 Å². The Morgan fingerprint density at radius 2 is 1.85 bits per heavy atom. The number of rotatable bonds is 4. The molecule has 5 nitrogen and oxygen atoms in total. The van der Waals surface area contributed by atoms with E-state index < -0.39 is 0 Å². The fourth-order valence-corrected chi connectivity index (χ4v) is 3.30. The summed E-state index contributed by atoms with van der Waals surface area (Å²) in [7, 11) is 0. The minimum atomic E-state index is -0.0681. The quantitative estimate of drug-likeness (QED) is 0.747. The molecule has 3 aromatic rings. The topological polar surface area (TPSA) is 58.1 Å². The number of aromatic nitrogens is 2. The number of nitrogens with zero attached hydrogens (tertiary/aromatic N) is 3. The number of benzene rings is 2. The maximum atomic E-state index is 12.9. The first-order valence-corrected chi connectivity index (χ1v) is 9.24. The Labute approximate surface area is 163 Å². The number of nitrogens with one attached hydrogen (secondary N) is 1. The molecule has 1 aliphatic heterocycles. The van der Waals surface area contributed by atoms with E-state index in [2.05, 4.69) is 27.4 Å². The van der Waals surface area contributed by atoms with Crippen LogP contribution in [0.2, 0.25) is 5.02 Å². The molecule has 1 amide bonds. The van der Waals surface area contributed by atoms with E-state index in [1.54, 1.807) is 12.3 Å². The van der Waals surface area contributed by atoms with Gasteiger partial charge in [0, 0.05) is 30.9 Å². The van der Waals surface area contributed by atoms with Gasteiger partial charge < -0.3 is 10.2 Å². The molecular weight excluding hydrogens is 360 g/mol. The summed E-state index contributed by atoms with van der Waals surface area (Å²) < 4.78 is 0. The van der Waals surface area contributed by atoms with Gasteiger partial charge in [0.05, 0.1) is 0 Å². The van der Waals surface area contributed by atoms with Gasteiger partial charge in [0.25, 0.3) is 5.91 Å². The maximum Gasteiger partial charge on any atom is 0.272 e. The molecule has 0 aliphatic carbocycles. The van der Waals surface area contributed by atoms with Crippen molar-refractivity contribution in [2.45, 2.75) is 19.5 Å². The van der Waals surface area contributed by atoms with Crippen molar-refractivity contribution in [2.24, 2.45) is 0 Å². The van der Waals surface area contributed by atoms with Crippen molar-refractivity contribution in [2.75, 3.05) is 11.9 Å². The summed E-state index contributed by atoms with van der Waals surface area (Å²) in [5, 5.41) is 3.86. The van der Waals surface area contributed by atoms with Crippen molar-refractivity contribution in [1.82, 2.24) is 14.9 Å². The van der Waals surface area contributed by atoms with Crippen molar-refractivity contribution in [3.8, 4) is 0 Å². The second-order valence-corrected chi connectivity index (χ2v) is 6.93. The molecule has 0 saturated carbocycles. The Hall–Kier alpha value is -2.92. The smallest absolute Gasteiger partial charge is 0.272 e. The molecule has 4 rings (SSSR count). The van der Waals surface area contributed by atoms with Crippen LogP contribution in [0.1, 0.15) is 27.2 Å². The van der Waals surface area contributed by atoms with Crippen LogP contribution < -0.4 is 5.32 Å². The number of carbonyl (C=O) groups excluding carboxylic acids is 1. The first kappa shape index (κ1) is 17.5. The standard InChI is InChI=1S/C21H19ClN4O/c22-18-7-5-15(6-8-18)13-24-21-23-11-9-19(25-21)20(27)26-12-10-16-3-1-2-4-17(16)14-26/h1-9,11H,10,12-14H2,(H,23,24,25). The lowest BCUT2D eigenvalue weighted by molar-refractivity contribution is 0.0728. The number of hydrogen-bond donors (Lipinski definition) is 1. The average molecular weight is 379 g/mol. The van der Waals surface area contributed by atoms with E-state index in [4.69, 9.17) is 11.6 Å². The number of amides is 1. The molecule has 2 heterocycles. The van der Waals surface area contributed by atoms with Gasteiger partial charge in [0.15, 0.2) is 0 Å². The highest BCUT2D eigenvalue weighted by molar-refractivity contribution is 6.30. The lowest BCUT2D eigenvalue weighted by atomic mass is 10.00. The second-order valence-electron chi connectivity index (χ2n) is 6.49. The van der Waals surface area contributed by atoms with E-state index in [0.29, 0.717) is 36.3 Å². The van der Waals surface area contributed by atoms with E-state index >= 15 is 0 Å². The second kappa shape index (κ2) is 7.76. The molecular formula is C21H19ClN4O. The first-order chi connectivity index (χ1) is 13.2. The van der Waals surface area contributed by atoms with Crippen LogP contribution in [0.4, 0.5) is 5.95 Å². The molecule has 0 saturated heterocycles. The summed E-state index contributed by atoms with van der Waals surface area (Å²) in [5.74, 6) is 0.370. The van der Waals surface area contributed by atoms with Crippen LogP contribution in [0.25, 0.3) is 0 Å². The van der Waals surface area contributed by atoms with Crippen molar-refractivity contribution >= 4 is 23.5 Å². The molecule has 1 aromatic heterocycles. The van der Waals surface area contributed by atoms with Crippen molar-refractivity contribution in [1.29, 1.82) is 0 Å². The number of fused-ring (bicyclic) bond motifs is 1. The van der Waals surface area contributed by atoms with Crippen LogP contribution in [0.5, 0.6) is 0 Å². The molecule has 0 bridgehead atoms. The third kappa shape index (κ3) is 4.09. The minimum Gasteiger partial charge on any atom is -0.350 e. The van der Waals surface area contributed by atoms with Gasteiger partial charge in [-0.3, -0.25) is 4.79 Å². The predicted octanol–water partition coefficient (Wildman–Crippen LogP) is 3.94. The van der Waals surface area contributed by atoms with Gasteiger partial charge in [-0.1, -0.05) is 48.0 Å². The molecule has 1 aliphatic rings. The largest absolute Gasteiger partial charge is 0.350 e. The molecule has 0 spiro atoms. The Bertz CT molecular complexity index is 958. The molecule has 0 fully saturated rings. The summed E-state index contributed by atoms with van der Waals surface area (Å²) in [4.78, 5) is 23.3. The fourth-order valence-electron chi connectivity index (χ4n) is 3.18. The third-order valence-electron chi connectivity index (χ3n) is 4.66. The van der Waals surface area contributed by atoms with Gasteiger partial charge in [0.1, 0.15) is 5.69 Å². The lowest BCUT2D eigenvalue weighted by Gasteiger charge is -2.28. The van der Waals surface area contributed by atoms with Gasteiger partial charge in [-0.25, -0.2) is 9.97 Å². The summed E-state index contributed by atoms with van der Waals surface area (Å²) in [6.45, 7) is 1.88. The van der Waals surface area contributed by atoms with Crippen LogP contribution in [0.3, 0.4) is 0 Å². The Morgan fingerprint density at radius 3 is 2.67 bits per heavy atom. The van der Waals surface area contributed by atoms with Crippen LogP contribution in [0.15, 0.2) is 60.8 Å². The highest BCUT2D eigenvalue weighted by atomic mass is 35.5. The first-order valence-electron chi connectivity index (χ1n) is 8.86. The van der Waals surface area contributed by atoms with E-state index in [-0.39, 0.29) is 5.91 Å². The zero-order chi connectivity index (χ0) is 18.6. The zero-order valence-corrected chi connectivity index (χ0v) is 15.5. The lowest BCUT2D eigenvalue weighted by Crippen LogP contribution is -2.36.